The first-order valence-electron chi connectivity index (χ1n) is 7.30. The topological polar surface area (TPSA) is 41.6 Å². The van der Waals surface area contributed by atoms with Crippen molar-refractivity contribution in [2.24, 2.45) is 0 Å². The Bertz CT molecular complexity index is 579. The molecule has 0 spiro atoms. The molecular weight excluding hydrogens is 262 g/mol. The van der Waals surface area contributed by atoms with Crippen molar-refractivity contribution >= 4 is 5.91 Å². The molecule has 1 heterocycles. The summed E-state index contributed by atoms with van der Waals surface area (Å²) in [5.74, 6) is 0.0534. The summed E-state index contributed by atoms with van der Waals surface area (Å²) in [6.07, 6.45) is 1.38. The Labute approximate surface area is 124 Å². The van der Waals surface area contributed by atoms with Gasteiger partial charge in [-0.2, -0.15) is 0 Å². The van der Waals surface area contributed by atoms with Crippen molar-refractivity contribution in [3.8, 4) is 0 Å². The fourth-order valence-electron chi connectivity index (χ4n) is 2.47. The van der Waals surface area contributed by atoms with Crippen molar-refractivity contribution in [1.82, 2.24) is 5.32 Å². The molecule has 3 heteroatoms. The van der Waals surface area contributed by atoms with E-state index in [0.717, 1.165) is 18.6 Å². The Hall–Kier alpha value is -2.13. The van der Waals surface area contributed by atoms with Crippen molar-refractivity contribution in [2.75, 3.05) is 6.61 Å². The zero-order valence-corrected chi connectivity index (χ0v) is 11.9. The van der Waals surface area contributed by atoms with Gasteiger partial charge in [0.2, 0.25) is 5.91 Å². The second-order valence-electron chi connectivity index (χ2n) is 5.40. The molecule has 0 radical (unpaired) electrons. The Morgan fingerprint density at radius 3 is 2.19 bits per heavy atom. The summed E-state index contributed by atoms with van der Waals surface area (Å²) < 4.78 is 5.38. The number of carbonyl (C=O) groups is 1. The first-order valence-corrected chi connectivity index (χ1v) is 7.30. The van der Waals surface area contributed by atoms with E-state index >= 15 is 0 Å². The normalized spacial score (nSPS) is 18.0. The smallest absolute Gasteiger partial charge is 0.224 e. The van der Waals surface area contributed by atoms with Gasteiger partial charge in [-0.25, -0.2) is 0 Å². The molecule has 1 saturated heterocycles. The Kier molecular flexibility index (Phi) is 4.31. The molecule has 1 N–H and O–H groups in total. The first kappa shape index (κ1) is 13.8. The summed E-state index contributed by atoms with van der Waals surface area (Å²) >= 11 is 0. The maximum Gasteiger partial charge on any atom is 0.224 e. The van der Waals surface area contributed by atoms with E-state index in [9.17, 15) is 4.79 Å². The minimum absolute atomic E-state index is 0.0534. The molecule has 1 aliphatic heterocycles. The molecule has 3 nitrogen and oxygen atoms in total. The number of hydrogen-bond acceptors (Lipinski definition) is 2. The van der Waals surface area contributed by atoms with Crippen LogP contribution in [-0.2, 0) is 22.4 Å². The Morgan fingerprint density at radius 1 is 1.05 bits per heavy atom. The third-order valence-corrected chi connectivity index (χ3v) is 3.66. The van der Waals surface area contributed by atoms with Gasteiger partial charge in [0.05, 0.1) is 19.1 Å². The lowest BCUT2D eigenvalue weighted by Gasteiger charge is -2.17. The highest BCUT2D eigenvalue weighted by Crippen LogP contribution is 2.18. The van der Waals surface area contributed by atoms with E-state index in [0.29, 0.717) is 6.42 Å². The summed E-state index contributed by atoms with van der Waals surface area (Å²) in [6.45, 7) is 0.739. The molecule has 3 rings (SSSR count). The van der Waals surface area contributed by atoms with Crippen LogP contribution in [0.2, 0.25) is 0 Å². The maximum atomic E-state index is 12.2. The van der Waals surface area contributed by atoms with Crippen LogP contribution in [0.25, 0.3) is 0 Å². The summed E-state index contributed by atoms with van der Waals surface area (Å²) in [7, 11) is 0. The molecule has 2 aromatic carbocycles. The van der Waals surface area contributed by atoms with Gasteiger partial charge in [-0.15, -0.1) is 0 Å². The molecular formula is C18H19NO2. The molecule has 1 aliphatic rings. The molecule has 0 saturated carbocycles. The van der Waals surface area contributed by atoms with E-state index in [-0.39, 0.29) is 18.1 Å². The predicted octanol–water partition coefficient (Wildman–Crippen LogP) is 2.36. The van der Waals surface area contributed by atoms with Crippen molar-refractivity contribution in [3.05, 3.63) is 71.8 Å². The van der Waals surface area contributed by atoms with Gasteiger partial charge >= 0.3 is 0 Å². The van der Waals surface area contributed by atoms with Crippen LogP contribution in [0.4, 0.5) is 0 Å². The minimum atomic E-state index is 0.0534. The number of epoxide rings is 1. The fraction of sp³-hybridized carbons (Fsp3) is 0.278. The maximum absolute atomic E-state index is 12.2. The summed E-state index contributed by atoms with van der Waals surface area (Å²) in [5.41, 5.74) is 2.25. The van der Waals surface area contributed by atoms with Crippen molar-refractivity contribution in [3.63, 3.8) is 0 Å². The number of rotatable bonds is 6. The zero-order valence-electron chi connectivity index (χ0n) is 11.9. The van der Waals surface area contributed by atoms with Gasteiger partial charge in [0, 0.05) is 0 Å². The molecule has 0 aromatic heterocycles. The first-order chi connectivity index (χ1) is 10.3. The van der Waals surface area contributed by atoms with Gasteiger partial charge < -0.3 is 10.1 Å². The van der Waals surface area contributed by atoms with Gasteiger partial charge in [0.15, 0.2) is 0 Å². The average molecular weight is 281 g/mol. The van der Waals surface area contributed by atoms with E-state index in [1.165, 1.54) is 5.56 Å². The predicted molar refractivity (Wildman–Crippen MR) is 82.0 cm³/mol. The molecule has 108 valence electrons. The Balaban J connectivity index is 1.59. The highest BCUT2D eigenvalue weighted by molar-refractivity contribution is 5.79. The molecule has 0 unspecified atom stereocenters. The summed E-state index contributed by atoms with van der Waals surface area (Å²) in [5, 5.41) is 3.11. The number of nitrogens with one attached hydrogen (secondary N) is 1. The van der Waals surface area contributed by atoms with Gasteiger partial charge in [-0.3, -0.25) is 4.79 Å². The largest absolute Gasteiger partial charge is 0.371 e. The lowest BCUT2D eigenvalue weighted by molar-refractivity contribution is -0.121. The zero-order chi connectivity index (χ0) is 14.5. The molecule has 1 amide bonds. The van der Waals surface area contributed by atoms with Gasteiger partial charge in [-0.05, 0) is 17.5 Å². The van der Waals surface area contributed by atoms with Gasteiger partial charge in [-0.1, -0.05) is 60.7 Å². The second-order valence-corrected chi connectivity index (χ2v) is 5.40. The number of hydrogen-bond donors (Lipinski definition) is 1. The SMILES string of the molecule is O=C(Cc1ccccc1)N[C@@H](Cc1ccccc1)[C@H]1CO1. The molecule has 2 aromatic rings. The standard InChI is InChI=1S/C18H19NO2/c20-18(12-15-9-5-2-6-10-15)19-16(17-13-21-17)11-14-7-3-1-4-8-14/h1-10,16-17H,11-13H2,(H,19,20)/t16-,17+/m0/s1. The number of carbonyl (C=O) groups excluding carboxylic acids is 1. The molecule has 21 heavy (non-hydrogen) atoms. The van der Waals surface area contributed by atoms with E-state index in [1.54, 1.807) is 0 Å². The number of amides is 1. The highest BCUT2D eigenvalue weighted by Gasteiger charge is 2.33. The van der Waals surface area contributed by atoms with Crippen LogP contribution in [0.3, 0.4) is 0 Å². The lowest BCUT2D eigenvalue weighted by Crippen LogP contribution is -2.41. The van der Waals surface area contributed by atoms with Gasteiger partial charge in [0.1, 0.15) is 6.10 Å². The van der Waals surface area contributed by atoms with Crippen LogP contribution in [-0.4, -0.2) is 24.7 Å². The van der Waals surface area contributed by atoms with Crippen LogP contribution < -0.4 is 5.32 Å². The van der Waals surface area contributed by atoms with Crippen LogP contribution in [0, 0.1) is 0 Å². The van der Waals surface area contributed by atoms with Crippen molar-refractivity contribution in [2.45, 2.75) is 25.0 Å². The van der Waals surface area contributed by atoms with Crippen LogP contribution in [0.15, 0.2) is 60.7 Å². The molecule has 2 atom stereocenters. The number of benzene rings is 2. The highest BCUT2D eigenvalue weighted by atomic mass is 16.6. The quantitative estimate of drug-likeness (QED) is 0.826. The molecule has 0 aliphatic carbocycles. The van der Waals surface area contributed by atoms with Crippen molar-refractivity contribution < 1.29 is 9.53 Å². The molecule has 0 bridgehead atoms. The number of ether oxygens (including phenoxy) is 1. The van der Waals surface area contributed by atoms with Crippen LogP contribution >= 0.6 is 0 Å². The van der Waals surface area contributed by atoms with E-state index in [2.05, 4.69) is 17.4 Å². The third-order valence-electron chi connectivity index (χ3n) is 3.66. The average Bonchev–Trinajstić information content (AvgIpc) is 3.33. The fourth-order valence-corrected chi connectivity index (χ4v) is 2.47. The van der Waals surface area contributed by atoms with E-state index in [4.69, 9.17) is 4.74 Å². The molecule has 1 fully saturated rings. The third kappa shape index (κ3) is 4.17. The van der Waals surface area contributed by atoms with Crippen LogP contribution in [0.1, 0.15) is 11.1 Å². The second kappa shape index (κ2) is 6.55. The minimum Gasteiger partial charge on any atom is -0.371 e. The summed E-state index contributed by atoms with van der Waals surface area (Å²) in [4.78, 5) is 12.2. The summed E-state index contributed by atoms with van der Waals surface area (Å²) in [6, 6.07) is 20.1. The lowest BCUT2D eigenvalue weighted by atomic mass is 10.0. The van der Waals surface area contributed by atoms with Crippen molar-refractivity contribution in [1.29, 1.82) is 0 Å². The monoisotopic (exact) mass is 281 g/mol. The van der Waals surface area contributed by atoms with E-state index in [1.807, 2.05) is 48.5 Å². The van der Waals surface area contributed by atoms with Crippen LogP contribution in [0.5, 0.6) is 0 Å². The van der Waals surface area contributed by atoms with E-state index < -0.39 is 0 Å². The Morgan fingerprint density at radius 2 is 1.62 bits per heavy atom. The van der Waals surface area contributed by atoms with Gasteiger partial charge in [0.25, 0.3) is 0 Å².